The summed E-state index contributed by atoms with van der Waals surface area (Å²) in [7, 11) is 0. The van der Waals surface area contributed by atoms with Gasteiger partial charge >= 0.3 is 0 Å². The van der Waals surface area contributed by atoms with Crippen molar-refractivity contribution in [1.29, 1.82) is 0 Å². The van der Waals surface area contributed by atoms with Gasteiger partial charge in [0.05, 0.1) is 37.8 Å². The summed E-state index contributed by atoms with van der Waals surface area (Å²) in [6, 6.07) is 0. The van der Waals surface area contributed by atoms with Crippen LogP contribution in [0.5, 0.6) is 0 Å². The Bertz CT molecular complexity index is 537. The summed E-state index contributed by atoms with van der Waals surface area (Å²) in [4.78, 5) is 10.4. The van der Waals surface area contributed by atoms with E-state index < -0.39 is 5.82 Å². The summed E-state index contributed by atoms with van der Waals surface area (Å²) >= 11 is 0. The molecule has 0 amide bonds. The van der Waals surface area contributed by atoms with Crippen molar-refractivity contribution in [3.63, 3.8) is 0 Å². The second-order valence-corrected chi connectivity index (χ2v) is 7.11. The van der Waals surface area contributed by atoms with E-state index in [9.17, 15) is 4.39 Å². The van der Waals surface area contributed by atoms with Crippen molar-refractivity contribution < 1.29 is 13.9 Å². The highest BCUT2D eigenvalue weighted by molar-refractivity contribution is 5.31. The first-order chi connectivity index (χ1) is 11.3. The predicted molar refractivity (Wildman–Crippen MR) is 83.8 cm³/mol. The molecule has 0 aromatic carbocycles. The Kier molecular flexibility index (Phi) is 4.20. The Hall–Kier alpha value is -1.27. The first-order valence-electron chi connectivity index (χ1n) is 8.69. The van der Waals surface area contributed by atoms with Crippen molar-refractivity contribution >= 4 is 5.95 Å². The quantitative estimate of drug-likeness (QED) is 0.833. The molecule has 6 heteroatoms. The third-order valence-corrected chi connectivity index (χ3v) is 5.36. The zero-order valence-corrected chi connectivity index (χ0v) is 13.4. The van der Waals surface area contributed by atoms with Gasteiger partial charge in [0.25, 0.3) is 0 Å². The summed E-state index contributed by atoms with van der Waals surface area (Å²) in [6.45, 7) is 3.88. The van der Waals surface area contributed by atoms with Gasteiger partial charge < -0.3 is 14.4 Å². The lowest BCUT2D eigenvalue weighted by Crippen LogP contribution is -2.55. The minimum Gasteiger partial charge on any atom is -0.381 e. The normalized spacial score (nSPS) is 31.0. The van der Waals surface area contributed by atoms with E-state index in [0.717, 1.165) is 45.1 Å². The molecule has 126 valence electrons. The molecule has 1 aromatic heterocycles. The fourth-order valence-corrected chi connectivity index (χ4v) is 3.86. The summed E-state index contributed by atoms with van der Waals surface area (Å²) in [6.07, 6.45) is 8.50. The van der Waals surface area contributed by atoms with Crippen molar-refractivity contribution in [3.05, 3.63) is 18.2 Å². The Labute approximate surface area is 136 Å². The van der Waals surface area contributed by atoms with Crippen LogP contribution in [0.3, 0.4) is 0 Å². The summed E-state index contributed by atoms with van der Waals surface area (Å²) in [5, 5.41) is 0. The third kappa shape index (κ3) is 3.33. The number of rotatable bonds is 5. The molecule has 1 saturated heterocycles. The van der Waals surface area contributed by atoms with Gasteiger partial charge in [0.2, 0.25) is 5.95 Å². The zero-order chi connectivity index (χ0) is 15.7. The molecular formula is C17H24FN3O2. The highest BCUT2D eigenvalue weighted by atomic mass is 19.1. The van der Waals surface area contributed by atoms with Crippen LogP contribution in [0, 0.1) is 17.7 Å². The molecule has 0 bridgehead atoms. The molecule has 0 unspecified atom stereocenters. The lowest BCUT2D eigenvalue weighted by Gasteiger charge is -2.44. The van der Waals surface area contributed by atoms with Gasteiger partial charge in [0.15, 0.2) is 5.82 Å². The van der Waals surface area contributed by atoms with Crippen LogP contribution < -0.4 is 4.90 Å². The SMILES string of the molecule is Fc1cnc(N2CCO[C@]3(CCC[C@@H]3COCC3CC3)C2)nc1. The van der Waals surface area contributed by atoms with Crippen LogP contribution in [0.4, 0.5) is 10.3 Å². The monoisotopic (exact) mass is 321 g/mol. The molecule has 2 saturated carbocycles. The Morgan fingerprint density at radius 2 is 2.09 bits per heavy atom. The van der Waals surface area contributed by atoms with E-state index in [2.05, 4.69) is 14.9 Å². The molecule has 2 heterocycles. The number of morpholine rings is 1. The smallest absolute Gasteiger partial charge is 0.225 e. The van der Waals surface area contributed by atoms with E-state index >= 15 is 0 Å². The van der Waals surface area contributed by atoms with Gasteiger partial charge in [-0.25, -0.2) is 14.4 Å². The summed E-state index contributed by atoms with van der Waals surface area (Å²) < 4.78 is 25.2. The van der Waals surface area contributed by atoms with Gasteiger partial charge in [0, 0.05) is 19.1 Å². The van der Waals surface area contributed by atoms with E-state index in [0.29, 0.717) is 18.5 Å². The minimum atomic E-state index is -0.399. The second kappa shape index (κ2) is 6.32. The maximum atomic E-state index is 13.0. The molecule has 4 rings (SSSR count). The maximum absolute atomic E-state index is 13.0. The largest absolute Gasteiger partial charge is 0.381 e. The minimum absolute atomic E-state index is 0.153. The van der Waals surface area contributed by atoms with Gasteiger partial charge in [-0.3, -0.25) is 0 Å². The molecule has 1 spiro atoms. The van der Waals surface area contributed by atoms with E-state index in [4.69, 9.17) is 9.47 Å². The second-order valence-electron chi connectivity index (χ2n) is 7.11. The van der Waals surface area contributed by atoms with Crippen LogP contribution >= 0.6 is 0 Å². The average molecular weight is 321 g/mol. The Morgan fingerprint density at radius 1 is 1.26 bits per heavy atom. The fraction of sp³-hybridized carbons (Fsp3) is 0.765. The number of hydrogen-bond acceptors (Lipinski definition) is 5. The van der Waals surface area contributed by atoms with Crippen molar-refractivity contribution in [3.8, 4) is 0 Å². The fourth-order valence-electron chi connectivity index (χ4n) is 3.86. The van der Waals surface area contributed by atoms with Crippen LogP contribution in [0.2, 0.25) is 0 Å². The zero-order valence-electron chi connectivity index (χ0n) is 13.4. The number of ether oxygens (including phenoxy) is 2. The van der Waals surface area contributed by atoms with Gasteiger partial charge in [-0.15, -0.1) is 0 Å². The summed E-state index contributed by atoms with van der Waals surface area (Å²) in [5.74, 6) is 1.43. The van der Waals surface area contributed by atoms with Crippen molar-refractivity contribution in [2.45, 2.75) is 37.7 Å². The van der Waals surface area contributed by atoms with Crippen LogP contribution in [-0.4, -0.2) is 48.5 Å². The molecule has 1 aromatic rings. The lowest BCUT2D eigenvalue weighted by molar-refractivity contribution is -0.0997. The van der Waals surface area contributed by atoms with Crippen LogP contribution in [0.15, 0.2) is 12.4 Å². The first-order valence-corrected chi connectivity index (χ1v) is 8.69. The van der Waals surface area contributed by atoms with Gasteiger partial charge in [-0.1, -0.05) is 6.42 Å². The molecule has 3 fully saturated rings. The third-order valence-electron chi connectivity index (χ3n) is 5.36. The Morgan fingerprint density at radius 3 is 2.87 bits per heavy atom. The predicted octanol–water partition coefficient (Wildman–Crippen LogP) is 2.42. The number of nitrogens with zero attached hydrogens (tertiary/aromatic N) is 3. The molecule has 0 N–H and O–H groups in total. The molecule has 0 radical (unpaired) electrons. The average Bonchev–Trinajstić information content (AvgIpc) is 3.32. The van der Waals surface area contributed by atoms with Crippen molar-refractivity contribution in [2.75, 3.05) is 37.8 Å². The van der Waals surface area contributed by atoms with Crippen LogP contribution in [0.1, 0.15) is 32.1 Å². The maximum Gasteiger partial charge on any atom is 0.225 e. The molecule has 1 aliphatic heterocycles. The highest BCUT2D eigenvalue weighted by Crippen LogP contribution is 2.42. The van der Waals surface area contributed by atoms with Crippen LogP contribution in [-0.2, 0) is 9.47 Å². The molecule has 23 heavy (non-hydrogen) atoms. The van der Waals surface area contributed by atoms with E-state index in [1.54, 1.807) is 0 Å². The van der Waals surface area contributed by atoms with Crippen molar-refractivity contribution in [2.24, 2.45) is 11.8 Å². The van der Waals surface area contributed by atoms with Crippen molar-refractivity contribution in [1.82, 2.24) is 9.97 Å². The molecule has 5 nitrogen and oxygen atoms in total. The first kappa shape index (κ1) is 15.3. The Balaban J connectivity index is 1.42. The van der Waals surface area contributed by atoms with Gasteiger partial charge in [-0.05, 0) is 31.6 Å². The molecular weight excluding hydrogens is 297 g/mol. The molecule has 2 aliphatic carbocycles. The van der Waals surface area contributed by atoms with E-state index in [-0.39, 0.29) is 5.60 Å². The number of halogens is 1. The lowest BCUT2D eigenvalue weighted by atomic mass is 9.89. The van der Waals surface area contributed by atoms with E-state index in [1.807, 2.05) is 0 Å². The van der Waals surface area contributed by atoms with Crippen LogP contribution in [0.25, 0.3) is 0 Å². The number of aromatic nitrogens is 2. The standard InChI is InChI=1S/C17H24FN3O2/c18-15-8-19-16(20-9-15)21-6-7-23-17(12-21)5-1-2-14(17)11-22-10-13-3-4-13/h8-9,13-14H,1-7,10-12H2/t14-,17-/m1/s1. The molecule has 3 aliphatic rings. The summed E-state index contributed by atoms with van der Waals surface area (Å²) in [5.41, 5.74) is -0.153. The number of anilines is 1. The highest BCUT2D eigenvalue weighted by Gasteiger charge is 2.47. The molecule has 2 atom stereocenters. The number of hydrogen-bond donors (Lipinski definition) is 0. The van der Waals surface area contributed by atoms with Gasteiger partial charge in [0.1, 0.15) is 0 Å². The van der Waals surface area contributed by atoms with Gasteiger partial charge in [-0.2, -0.15) is 0 Å². The van der Waals surface area contributed by atoms with E-state index in [1.165, 1.54) is 31.7 Å². The topological polar surface area (TPSA) is 47.5 Å².